The lowest BCUT2D eigenvalue weighted by Crippen LogP contribution is -2.21. The quantitative estimate of drug-likeness (QED) is 0.194. The topological polar surface area (TPSA) is 152 Å². The number of amides is 1. The lowest BCUT2D eigenvalue weighted by molar-refractivity contribution is -0.384. The first-order chi connectivity index (χ1) is 18.6. The zero-order valence-corrected chi connectivity index (χ0v) is 21.9. The van der Waals surface area contributed by atoms with E-state index in [4.69, 9.17) is 20.2 Å². The number of rotatable bonds is 9. The van der Waals surface area contributed by atoms with Crippen LogP contribution >= 0.6 is 0 Å². The van der Waals surface area contributed by atoms with E-state index in [0.29, 0.717) is 16.5 Å². The molecule has 0 saturated carbocycles. The van der Waals surface area contributed by atoms with E-state index in [-0.39, 0.29) is 28.7 Å². The van der Waals surface area contributed by atoms with Gasteiger partial charge < -0.3 is 15.2 Å². The van der Waals surface area contributed by atoms with Crippen molar-refractivity contribution in [1.82, 2.24) is 9.66 Å². The summed E-state index contributed by atoms with van der Waals surface area (Å²) in [4.78, 5) is 40.5. The first-order valence-corrected chi connectivity index (χ1v) is 12.0. The first kappa shape index (κ1) is 27.0. The third-order valence-electron chi connectivity index (χ3n) is 6.08. The van der Waals surface area contributed by atoms with Gasteiger partial charge in [-0.1, -0.05) is 26.0 Å². The molecule has 0 fully saturated rings. The number of aryl methyl sites for hydroxylation is 1. The van der Waals surface area contributed by atoms with Crippen LogP contribution in [0.15, 0.2) is 64.5 Å². The van der Waals surface area contributed by atoms with Crippen molar-refractivity contribution in [2.75, 3.05) is 13.7 Å². The van der Waals surface area contributed by atoms with Gasteiger partial charge in [-0.3, -0.25) is 19.7 Å². The van der Waals surface area contributed by atoms with E-state index in [1.807, 2.05) is 32.9 Å². The molecule has 0 atom stereocenters. The predicted octanol–water partition coefficient (Wildman–Crippen LogP) is 4.16. The number of nitrogens with zero attached hydrogens (tertiary/aromatic N) is 4. The van der Waals surface area contributed by atoms with Crippen molar-refractivity contribution in [2.24, 2.45) is 10.8 Å². The van der Waals surface area contributed by atoms with Gasteiger partial charge in [0.15, 0.2) is 12.4 Å². The molecule has 0 aliphatic carbocycles. The SMILES string of the molecule is COc1cc(C)c(-c2nc3ccccc3c(=O)n2N=Cc2cc([N+](=O)[O-])ccc2OCC(N)=O)cc1C(C)C. The standard InChI is InChI=1S/C28H27N5O6/c1-16(2)21-13-22(17(3)11-25(21)38-4)27-31-23-8-6-5-7-20(23)28(35)32(27)30-14-18-12-19(33(36)37)9-10-24(18)39-15-26(29)34/h5-14,16H,15H2,1-4H3,(H2,29,34). The van der Waals surface area contributed by atoms with Crippen LogP contribution in [0.2, 0.25) is 0 Å². The molecule has 2 N–H and O–H groups in total. The van der Waals surface area contributed by atoms with Crippen molar-refractivity contribution in [2.45, 2.75) is 26.7 Å². The van der Waals surface area contributed by atoms with Crippen molar-refractivity contribution >= 4 is 28.7 Å². The number of aromatic nitrogens is 2. The minimum atomic E-state index is -0.718. The minimum absolute atomic E-state index is 0.123. The maximum atomic E-state index is 13.7. The second-order valence-electron chi connectivity index (χ2n) is 9.11. The highest BCUT2D eigenvalue weighted by Gasteiger charge is 2.19. The highest BCUT2D eigenvalue weighted by molar-refractivity contribution is 5.86. The Hall–Kier alpha value is -5.06. The highest BCUT2D eigenvalue weighted by Crippen LogP contribution is 2.34. The van der Waals surface area contributed by atoms with E-state index < -0.39 is 23.0 Å². The minimum Gasteiger partial charge on any atom is -0.496 e. The van der Waals surface area contributed by atoms with E-state index in [1.165, 1.54) is 24.4 Å². The lowest BCUT2D eigenvalue weighted by atomic mass is 9.96. The molecule has 4 aromatic rings. The number of nitro groups is 1. The summed E-state index contributed by atoms with van der Waals surface area (Å²) in [5, 5.41) is 16.2. The summed E-state index contributed by atoms with van der Waals surface area (Å²) in [5.41, 5.74) is 7.61. The number of carbonyl (C=O) groups is 1. The van der Waals surface area contributed by atoms with Gasteiger partial charge in [0.2, 0.25) is 0 Å². The molecule has 39 heavy (non-hydrogen) atoms. The predicted molar refractivity (Wildman–Crippen MR) is 148 cm³/mol. The van der Waals surface area contributed by atoms with Gasteiger partial charge >= 0.3 is 0 Å². The average Bonchev–Trinajstić information content (AvgIpc) is 2.91. The molecule has 1 aromatic heterocycles. The number of nitrogens with two attached hydrogens (primary N) is 1. The number of fused-ring (bicyclic) bond motifs is 1. The zero-order chi connectivity index (χ0) is 28.3. The molecule has 0 saturated heterocycles. The number of nitro benzene ring substituents is 1. The number of benzene rings is 3. The fourth-order valence-corrected chi connectivity index (χ4v) is 4.12. The smallest absolute Gasteiger partial charge is 0.282 e. The lowest BCUT2D eigenvalue weighted by Gasteiger charge is -2.17. The molecule has 0 radical (unpaired) electrons. The highest BCUT2D eigenvalue weighted by atomic mass is 16.6. The third-order valence-corrected chi connectivity index (χ3v) is 6.08. The van der Waals surface area contributed by atoms with Gasteiger partial charge in [-0.2, -0.15) is 9.78 Å². The van der Waals surface area contributed by atoms with E-state index in [9.17, 15) is 19.7 Å². The summed E-state index contributed by atoms with van der Waals surface area (Å²) in [6, 6.07) is 14.5. The molecule has 200 valence electrons. The zero-order valence-electron chi connectivity index (χ0n) is 21.9. The maximum absolute atomic E-state index is 13.7. The van der Waals surface area contributed by atoms with Crippen LogP contribution in [0.3, 0.4) is 0 Å². The number of hydrogen-bond donors (Lipinski definition) is 1. The fourth-order valence-electron chi connectivity index (χ4n) is 4.12. The second-order valence-corrected chi connectivity index (χ2v) is 9.11. The van der Waals surface area contributed by atoms with E-state index in [1.54, 1.807) is 31.4 Å². The molecule has 1 heterocycles. The molecule has 4 rings (SSSR count). The number of primary amides is 1. The summed E-state index contributed by atoms with van der Waals surface area (Å²) in [5.74, 6) is 0.538. The van der Waals surface area contributed by atoms with Crippen molar-refractivity contribution in [1.29, 1.82) is 0 Å². The summed E-state index contributed by atoms with van der Waals surface area (Å²) >= 11 is 0. The molecule has 3 aromatic carbocycles. The van der Waals surface area contributed by atoms with Crippen LogP contribution in [0.25, 0.3) is 22.3 Å². The van der Waals surface area contributed by atoms with Crippen molar-refractivity contribution < 1.29 is 19.2 Å². The first-order valence-electron chi connectivity index (χ1n) is 12.0. The molecule has 0 aliphatic rings. The Labute approximate surface area is 223 Å². The summed E-state index contributed by atoms with van der Waals surface area (Å²) < 4.78 is 12.1. The molecule has 11 nitrogen and oxygen atoms in total. The van der Waals surface area contributed by atoms with Gasteiger partial charge in [0.05, 0.1) is 29.2 Å². The van der Waals surface area contributed by atoms with Gasteiger partial charge in [-0.05, 0) is 54.3 Å². The van der Waals surface area contributed by atoms with Gasteiger partial charge in [-0.15, -0.1) is 0 Å². The van der Waals surface area contributed by atoms with Crippen LogP contribution in [0, 0.1) is 17.0 Å². The van der Waals surface area contributed by atoms with Crippen molar-refractivity contribution in [3.05, 3.63) is 91.8 Å². The normalized spacial score (nSPS) is 11.3. The molecule has 0 unspecified atom stereocenters. The number of non-ortho nitro benzene ring substituents is 1. The number of hydrogen-bond acceptors (Lipinski definition) is 8. The fraction of sp³-hybridized carbons (Fsp3) is 0.214. The molecule has 0 spiro atoms. The maximum Gasteiger partial charge on any atom is 0.282 e. The van der Waals surface area contributed by atoms with E-state index >= 15 is 0 Å². The van der Waals surface area contributed by atoms with Crippen LogP contribution in [0.5, 0.6) is 11.5 Å². The molecular weight excluding hydrogens is 502 g/mol. The molecule has 1 amide bonds. The number of para-hydroxylation sites is 1. The van der Waals surface area contributed by atoms with Crippen LogP contribution in [0.1, 0.15) is 36.5 Å². The molecule has 0 bridgehead atoms. The van der Waals surface area contributed by atoms with Gasteiger partial charge in [0.1, 0.15) is 11.5 Å². The van der Waals surface area contributed by atoms with Gasteiger partial charge in [0, 0.05) is 23.3 Å². The second kappa shape index (κ2) is 11.1. The van der Waals surface area contributed by atoms with Gasteiger partial charge in [-0.25, -0.2) is 4.98 Å². The summed E-state index contributed by atoms with van der Waals surface area (Å²) in [7, 11) is 1.60. The summed E-state index contributed by atoms with van der Waals surface area (Å²) in [6.45, 7) is 5.51. The number of carbonyl (C=O) groups excluding carboxylic acids is 1. The van der Waals surface area contributed by atoms with E-state index in [2.05, 4.69) is 5.10 Å². The van der Waals surface area contributed by atoms with Crippen LogP contribution in [-0.4, -0.2) is 40.4 Å². The Bertz CT molecular complexity index is 1680. The Morgan fingerprint density at radius 2 is 1.92 bits per heavy atom. The summed E-state index contributed by atoms with van der Waals surface area (Å²) in [6.07, 6.45) is 1.26. The number of methoxy groups -OCH3 is 1. The van der Waals surface area contributed by atoms with Crippen molar-refractivity contribution in [3.8, 4) is 22.9 Å². The van der Waals surface area contributed by atoms with Crippen molar-refractivity contribution in [3.63, 3.8) is 0 Å². The molecule has 0 aliphatic heterocycles. The third kappa shape index (κ3) is 5.61. The van der Waals surface area contributed by atoms with Crippen LogP contribution < -0.4 is 20.8 Å². The van der Waals surface area contributed by atoms with Crippen LogP contribution in [0.4, 0.5) is 5.69 Å². The Morgan fingerprint density at radius 3 is 2.59 bits per heavy atom. The Balaban J connectivity index is 1.96. The Morgan fingerprint density at radius 1 is 1.18 bits per heavy atom. The molecule has 11 heteroatoms. The van der Waals surface area contributed by atoms with E-state index in [0.717, 1.165) is 21.6 Å². The molecular formula is C28H27N5O6. The Kier molecular flexibility index (Phi) is 7.70. The average molecular weight is 530 g/mol. The largest absolute Gasteiger partial charge is 0.496 e. The van der Waals surface area contributed by atoms with Crippen LogP contribution in [-0.2, 0) is 4.79 Å². The monoisotopic (exact) mass is 529 g/mol. The number of ether oxygens (including phenoxy) is 2. The van der Waals surface area contributed by atoms with Gasteiger partial charge in [0.25, 0.3) is 17.2 Å².